The number of benzene rings is 2. The van der Waals surface area contributed by atoms with E-state index < -0.39 is 0 Å². The van der Waals surface area contributed by atoms with Gasteiger partial charge in [-0.25, -0.2) is 0 Å². The number of rotatable bonds is 5. The molecule has 2 aromatic carbocycles. The molecule has 4 heteroatoms. The van der Waals surface area contributed by atoms with Crippen LogP contribution in [-0.2, 0) is 17.7 Å². The lowest BCUT2D eigenvalue weighted by molar-refractivity contribution is 0.141. The Morgan fingerprint density at radius 2 is 1.83 bits per heavy atom. The quantitative estimate of drug-likeness (QED) is 0.826. The molecule has 1 aliphatic rings. The number of hydrogen-bond donors (Lipinski definition) is 0. The van der Waals surface area contributed by atoms with E-state index >= 15 is 0 Å². The Labute approximate surface area is 145 Å². The summed E-state index contributed by atoms with van der Waals surface area (Å²) in [5.41, 5.74) is 5.40. The van der Waals surface area contributed by atoms with Crippen LogP contribution < -0.4 is 4.90 Å². The van der Waals surface area contributed by atoms with Crippen molar-refractivity contribution in [1.29, 1.82) is 0 Å². The molecule has 0 saturated carbocycles. The van der Waals surface area contributed by atoms with Crippen LogP contribution in [-0.4, -0.2) is 38.8 Å². The van der Waals surface area contributed by atoms with E-state index in [1.807, 2.05) is 0 Å². The maximum Gasteiger partial charge on any atom is 0.0589 e. The Morgan fingerprint density at radius 1 is 1.04 bits per heavy atom. The standard InChI is InChI=1S/C19H24N2O.ClH/c1-20(18-6-4-3-5-7-18)19-9-8-16-10-11-21(12-13-22-2)15-17(16)14-19;/h3-9,14H,10-13,15H2,1-2H3;1H. The van der Waals surface area contributed by atoms with Crippen LogP contribution in [0.2, 0.25) is 0 Å². The fraction of sp³-hybridized carbons (Fsp3) is 0.368. The van der Waals surface area contributed by atoms with Crippen LogP contribution in [0.3, 0.4) is 0 Å². The molecule has 0 amide bonds. The molecular formula is C19H25ClN2O. The van der Waals surface area contributed by atoms with E-state index in [0.29, 0.717) is 0 Å². The van der Waals surface area contributed by atoms with Gasteiger partial charge in [0.25, 0.3) is 0 Å². The zero-order chi connectivity index (χ0) is 15.4. The second kappa shape index (κ2) is 8.34. The molecule has 3 rings (SSSR count). The largest absolute Gasteiger partial charge is 0.383 e. The Kier molecular flexibility index (Phi) is 6.46. The number of para-hydroxylation sites is 1. The summed E-state index contributed by atoms with van der Waals surface area (Å²) in [5, 5.41) is 0. The minimum Gasteiger partial charge on any atom is -0.383 e. The number of fused-ring (bicyclic) bond motifs is 1. The monoisotopic (exact) mass is 332 g/mol. The zero-order valence-electron chi connectivity index (χ0n) is 13.9. The van der Waals surface area contributed by atoms with Gasteiger partial charge in [-0.05, 0) is 41.8 Å². The van der Waals surface area contributed by atoms with Gasteiger partial charge in [-0.15, -0.1) is 12.4 Å². The molecular weight excluding hydrogens is 308 g/mol. The molecule has 0 N–H and O–H groups in total. The minimum atomic E-state index is 0. The number of anilines is 2. The molecule has 124 valence electrons. The van der Waals surface area contributed by atoms with Crippen molar-refractivity contribution in [2.45, 2.75) is 13.0 Å². The number of hydrogen-bond acceptors (Lipinski definition) is 3. The van der Waals surface area contributed by atoms with Crippen molar-refractivity contribution in [1.82, 2.24) is 4.90 Å². The van der Waals surface area contributed by atoms with Crippen molar-refractivity contribution < 1.29 is 4.74 Å². The second-order valence-corrected chi connectivity index (χ2v) is 5.87. The maximum absolute atomic E-state index is 5.20. The van der Waals surface area contributed by atoms with E-state index in [1.165, 1.54) is 22.5 Å². The van der Waals surface area contributed by atoms with Gasteiger partial charge in [0.15, 0.2) is 0 Å². The third kappa shape index (κ3) is 4.25. The van der Waals surface area contributed by atoms with Gasteiger partial charge in [0.1, 0.15) is 0 Å². The fourth-order valence-corrected chi connectivity index (χ4v) is 3.02. The summed E-state index contributed by atoms with van der Waals surface area (Å²) < 4.78 is 5.20. The average molecular weight is 333 g/mol. The van der Waals surface area contributed by atoms with Crippen molar-refractivity contribution in [3.8, 4) is 0 Å². The summed E-state index contributed by atoms with van der Waals surface area (Å²) in [4.78, 5) is 4.71. The van der Waals surface area contributed by atoms with E-state index in [4.69, 9.17) is 4.74 Å². The maximum atomic E-state index is 5.20. The molecule has 1 heterocycles. The lowest BCUT2D eigenvalue weighted by Crippen LogP contribution is -2.33. The predicted octanol–water partition coefficient (Wildman–Crippen LogP) is 3.88. The molecule has 1 aliphatic heterocycles. The Hall–Kier alpha value is -1.55. The average Bonchev–Trinajstić information content (AvgIpc) is 2.59. The third-order valence-corrected chi connectivity index (χ3v) is 4.42. The molecule has 0 fully saturated rings. The van der Waals surface area contributed by atoms with Gasteiger partial charge >= 0.3 is 0 Å². The van der Waals surface area contributed by atoms with E-state index in [9.17, 15) is 0 Å². The summed E-state index contributed by atoms with van der Waals surface area (Å²) >= 11 is 0. The van der Waals surface area contributed by atoms with Crippen LogP contribution in [0, 0.1) is 0 Å². The first-order valence-electron chi connectivity index (χ1n) is 7.90. The highest BCUT2D eigenvalue weighted by molar-refractivity contribution is 5.85. The first-order chi connectivity index (χ1) is 10.8. The van der Waals surface area contributed by atoms with E-state index in [0.717, 1.165) is 32.7 Å². The third-order valence-electron chi connectivity index (χ3n) is 4.42. The second-order valence-electron chi connectivity index (χ2n) is 5.87. The molecule has 0 aliphatic carbocycles. The summed E-state index contributed by atoms with van der Waals surface area (Å²) in [6, 6.07) is 17.4. The van der Waals surface area contributed by atoms with Crippen LogP contribution >= 0.6 is 12.4 Å². The summed E-state index contributed by atoms with van der Waals surface area (Å²) in [6.07, 6.45) is 1.13. The highest BCUT2D eigenvalue weighted by atomic mass is 35.5. The highest BCUT2D eigenvalue weighted by Gasteiger charge is 2.17. The van der Waals surface area contributed by atoms with E-state index in [-0.39, 0.29) is 12.4 Å². The first kappa shape index (κ1) is 17.8. The molecule has 0 radical (unpaired) electrons. The van der Waals surface area contributed by atoms with E-state index in [1.54, 1.807) is 7.11 Å². The molecule has 0 atom stereocenters. The van der Waals surface area contributed by atoms with Gasteiger partial charge in [-0.2, -0.15) is 0 Å². The SMILES string of the molecule is COCCN1CCc2ccc(N(C)c3ccccc3)cc2C1.Cl. The minimum absolute atomic E-state index is 0. The topological polar surface area (TPSA) is 15.7 Å². The van der Waals surface area contributed by atoms with Crippen LogP contribution in [0.1, 0.15) is 11.1 Å². The lowest BCUT2D eigenvalue weighted by atomic mass is 9.98. The number of nitrogens with zero attached hydrogens (tertiary/aromatic N) is 2. The Morgan fingerprint density at radius 3 is 2.57 bits per heavy atom. The molecule has 0 bridgehead atoms. The van der Waals surface area contributed by atoms with Gasteiger partial charge in [-0.3, -0.25) is 4.90 Å². The van der Waals surface area contributed by atoms with Gasteiger partial charge in [0.05, 0.1) is 6.61 Å². The first-order valence-corrected chi connectivity index (χ1v) is 7.90. The molecule has 0 unspecified atom stereocenters. The van der Waals surface area contributed by atoms with Crippen LogP contribution in [0.5, 0.6) is 0 Å². The lowest BCUT2D eigenvalue weighted by Gasteiger charge is -2.30. The van der Waals surface area contributed by atoms with Crippen LogP contribution in [0.4, 0.5) is 11.4 Å². The van der Waals surface area contributed by atoms with Gasteiger partial charge in [-0.1, -0.05) is 24.3 Å². The molecule has 23 heavy (non-hydrogen) atoms. The van der Waals surface area contributed by atoms with Crippen molar-refractivity contribution >= 4 is 23.8 Å². The van der Waals surface area contributed by atoms with Crippen LogP contribution in [0.25, 0.3) is 0 Å². The van der Waals surface area contributed by atoms with Gasteiger partial charge in [0, 0.05) is 45.2 Å². The van der Waals surface area contributed by atoms with Crippen molar-refractivity contribution in [3.05, 3.63) is 59.7 Å². The molecule has 2 aromatic rings. The van der Waals surface area contributed by atoms with Gasteiger partial charge in [0.2, 0.25) is 0 Å². The highest BCUT2D eigenvalue weighted by Crippen LogP contribution is 2.28. The zero-order valence-corrected chi connectivity index (χ0v) is 14.7. The van der Waals surface area contributed by atoms with Crippen molar-refractivity contribution in [2.24, 2.45) is 0 Å². The van der Waals surface area contributed by atoms with Crippen molar-refractivity contribution in [2.75, 3.05) is 38.8 Å². The van der Waals surface area contributed by atoms with Crippen molar-refractivity contribution in [3.63, 3.8) is 0 Å². The fourth-order valence-electron chi connectivity index (χ4n) is 3.02. The molecule has 0 saturated heterocycles. The summed E-state index contributed by atoms with van der Waals surface area (Å²) in [5.74, 6) is 0. The number of ether oxygens (including phenoxy) is 1. The Balaban J connectivity index is 0.00000192. The predicted molar refractivity (Wildman–Crippen MR) is 99.1 cm³/mol. The summed E-state index contributed by atoms with van der Waals surface area (Å²) in [6.45, 7) is 3.97. The number of halogens is 1. The molecule has 3 nitrogen and oxygen atoms in total. The van der Waals surface area contributed by atoms with Gasteiger partial charge < -0.3 is 9.64 Å². The number of methoxy groups -OCH3 is 1. The van der Waals surface area contributed by atoms with Crippen LogP contribution in [0.15, 0.2) is 48.5 Å². The summed E-state index contributed by atoms with van der Waals surface area (Å²) in [7, 11) is 3.90. The smallest absolute Gasteiger partial charge is 0.0589 e. The Bertz CT molecular complexity index is 618. The normalized spacial score (nSPS) is 14.0. The molecule has 0 aromatic heterocycles. The van der Waals surface area contributed by atoms with E-state index in [2.05, 4.69) is 65.4 Å². The molecule has 0 spiro atoms.